The normalized spacial score (nSPS) is 27.3. The van der Waals surface area contributed by atoms with Gasteiger partial charge >= 0.3 is 6.09 Å². The van der Waals surface area contributed by atoms with Gasteiger partial charge in [0.15, 0.2) is 22.9 Å². The lowest BCUT2D eigenvalue weighted by Crippen LogP contribution is -2.63. The van der Waals surface area contributed by atoms with Crippen LogP contribution in [0.4, 0.5) is 10.5 Å². The second kappa shape index (κ2) is 13.1. The van der Waals surface area contributed by atoms with Crippen molar-refractivity contribution in [1.82, 2.24) is 0 Å². The zero-order valence-corrected chi connectivity index (χ0v) is 29.5. The van der Waals surface area contributed by atoms with Gasteiger partial charge in [0.05, 0.1) is 37.2 Å². The van der Waals surface area contributed by atoms with Crippen LogP contribution in [0.3, 0.4) is 0 Å². The van der Waals surface area contributed by atoms with Gasteiger partial charge in [0.2, 0.25) is 0 Å². The number of fused-ring (bicyclic) bond motifs is 1. The number of hydrogen-bond acceptors (Lipinski definition) is 8. The molecule has 7 rings (SSSR count). The summed E-state index contributed by atoms with van der Waals surface area (Å²) >= 11 is 0. The Labute approximate surface area is 285 Å². The Balaban J connectivity index is 1.24. The fourth-order valence-electron chi connectivity index (χ4n) is 7.21. The third-order valence-corrected chi connectivity index (χ3v) is 11.8. The smallest absolute Gasteiger partial charge is 0.415 e. The average molecular weight is 673 g/mol. The predicted molar refractivity (Wildman–Crippen MR) is 184 cm³/mol. The van der Waals surface area contributed by atoms with Crippen molar-refractivity contribution in [2.24, 2.45) is 5.41 Å². The van der Waals surface area contributed by atoms with E-state index in [4.69, 9.17) is 32.8 Å². The van der Waals surface area contributed by atoms with E-state index in [9.17, 15) is 4.79 Å². The molecule has 3 fully saturated rings. The summed E-state index contributed by atoms with van der Waals surface area (Å²) in [5.74, 6) is 0.678. The molecule has 1 amide bonds. The van der Waals surface area contributed by atoms with Crippen LogP contribution >= 0.6 is 0 Å². The monoisotopic (exact) mass is 672 g/mol. The summed E-state index contributed by atoms with van der Waals surface area (Å²) in [6, 6.07) is 26.4. The van der Waals surface area contributed by atoms with Gasteiger partial charge < -0.3 is 32.8 Å². The summed E-state index contributed by atoms with van der Waals surface area (Å²) in [6.45, 7) is 12.2. The maximum absolute atomic E-state index is 13.8. The highest BCUT2D eigenvalue weighted by Crippen LogP contribution is 2.46. The molecule has 5 atom stereocenters. The Bertz CT molecular complexity index is 1540. The van der Waals surface area contributed by atoms with Crippen LogP contribution in [0.5, 0.6) is 11.5 Å². The minimum Gasteiger partial charge on any atom is -0.486 e. The topological polar surface area (TPSA) is 84.9 Å². The molecule has 3 aromatic rings. The highest BCUT2D eigenvalue weighted by atomic mass is 28.3. The van der Waals surface area contributed by atoms with Crippen molar-refractivity contribution in [3.63, 3.8) is 0 Å². The Hall–Kier alpha value is -3.41. The minimum absolute atomic E-state index is 0.0812. The number of benzene rings is 3. The van der Waals surface area contributed by atoms with Crippen LogP contribution in [-0.4, -0.2) is 77.3 Å². The Morgan fingerprint density at radius 2 is 1.58 bits per heavy atom. The van der Waals surface area contributed by atoms with Crippen molar-refractivity contribution in [2.75, 3.05) is 31.3 Å². The maximum atomic E-state index is 13.8. The molecule has 4 heterocycles. The first-order valence-electron chi connectivity index (χ1n) is 17.0. The van der Waals surface area contributed by atoms with Gasteiger partial charge in [-0.3, -0.25) is 4.90 Å². The Kier molecular flexibility index (Phi) is 9.06. The quantitative estimate of drug-likeness (QED) is 0.291. The lowest BCUT2D eigenvalue weighted by molar-refractivity contribution is -0.214. The average Bonchev–Trinajstić information content (AvgIpc) is 3.60. The number of rotatable bonds is 8. The van der Waals surface area contributed by atoms with E-state index in [0.29, 0.717) is 62.8 Å². The molecule has 255 valence electrons. The highest BCUT2D eigenvalue weighted by Gasteiger charge is 2.59. The largest absolute Gasteiger partial charge is 0.486 e. The van der Waals surface area contributed by atoms with Crippen molar-refractivity contribution in [1.29, 1.82) is 0 Å². The fourth-order valence-corrected chi connectivity index (χ4v) is 9.54. The minimum atomic E-state index is -1.73. The van der Waals surface area contributed by atoms with E-state index in [1.165, 1.54) is 0 Å². The molecular formula is C38H46NO8Si. The molecule has 0 aliphatic carbocycles. The van der Waals surface area contributed by atoms with Crippen molar-refractivity contribution in [3.8, 4) is 11.5 Å². The van der Waals surface area contributed by atoms with E-state index in [2.05, 4.69) is 69.3 Å². The van der Waals surface area contributed by atoms with E-state index < -0.39 is 38.7 Å². The molecule has 1 spiro atoms. The SMILES string of the molecule is CC1(C)OCC(C[C@@H]2CC[C@@]3(CN(c4ccc5c(c4)OCCO5)C(=O)O3)[C@@H](C(O[Si](c3ccccc3)c3ccccc3)C(C)(C)C)O2)O1. The first-order chi connectivity index (χ1) is 23.0. The van der Waals surface area contributed by atoms with E-state index in [1.807, 2.05) is 44.2 Å². The van der Waals surface area contributed by atoms with E-state index in [-0.39, 0.29) is 17.6 Å². The molecule has 9 nitrogen and oxygen atoms in total. The van der Waals surface area contributed by atoms with Crippen LogP contribution in [0.15, 0.2) is 78.9 Å². The van der Waals surface area contributed by atoms with Crippen LogP contribution in [0.25, 0.3) is 0 Å². The second-order valence-electron chi connectivity index (χ2n) is 14.7. The summed E-state index contributed by atoms with van der Waals surface area (Å²) in [6.07, 6.45) is 0.445. The van der Waals surface area contributed by atoms with Gasteiger partial charge in [-0.05, 0) is 54.6 Å². The predicted octanol–water partition coefficient (Wildman–Crippen LogP) is 5.48. The molecular weight excluding hydrogens is 627 g/mol. The van der Waals surface area contributed by atoms with Crippen molar-refractivity contribution < 1.29 is 37.6 Å². The number of carbonyl (C=O) groups excluding carboxylic acids is 1. The van der Waals surface area contributed by atoms with Gasteiger partial charge in [0, 0.05) is 12.5 Å². The third-order valence-electron chi connectivity index (χ3n) is 9.56. The molecule has 3 saturated heterocycles. The molecule has 0 bridgehead atoms. The highest BCUT2D eigenvalue weighted by molar-refractivity contribution is 6.80. The zero-order valence-electron chi connectivity index (χ0n) is 28.5. The maximum Gasteiger partial charge on any atom is 0.415 e. The number of ether oxygens (including phenoxy) is 6. The molecule has 0 aromatic heterocycles. The standard InChI is InChI=1S/C38H46NO8Si/c1-36(2,3)33(47-48(29-12-8-6-9-13-29)30-14-10-7-11-15-30)34-38(19-18-27(44-34)23-28-24-43-37(4,5)45-28)25-39(35(40)46-38)26-16-17-31-32(22-26)42-21-20-41-31/h6-17,22,27-28,33-34H,18-21,23-25H2,1-5H3/t27-,28?,33?,34+,38+/m0/s1. The number of carbonyl (C=O) groups is 1. The fraction of sp³-hybridized carbons (Fsp3) is 0.500. The van der Waals surface area contributed by atoms with Crippen LogP contribution in [-0.2, 0) is 23.4 Å². The summed E-state index contributed by atoms with van der Waals surface area (Å²) in [5, 5.41) is 2.29. The van der Waals surface area contributed by atoms with Crippen LogP contribution in [0.1, 0.15) is 53.9 Å². The van der Waals surface area contributed by atoms with Crippen LogP contribution in [0, 0.1) is 5.41 Å². The summed E-state index contributed by atoms with van der Waals surface area (Å²) in [5.41, 5.74) is -0.608. The van der Waals surface area contributed by atoms with Crippen LogP contribution < -0.4 is 24.7 Å². The molecule has 0 saturated carbocycles. The summed E-state index contributed by atoms with van der Waals surface area (Å²) in [7, 11) is -1.73. The molecule has 48 heavy (non-hydrogen) atoms. The lowest BCUT2D eigenvalue weighted by Gasteiger charge is -2.49. The van der Waals surface area contributed by atoms with E-state index >= 15 is 0 Å². The number of hydrogen-bond donors (Lipinski definition) is 0. The third kappa shape index (κ3) is 6.86. The number of nitrogens with zero attached hydrogens (tertiary/aromatic N) is 1. The van der Waals surface area contributed by atoms with E-state index in [0.717, 1.165) is 10.4 Å². The van der Waals surface area contributed by atoms with Crippen molar-refractivity contribution >= 4 is 31.2 Å². The zero-order chi connectivity index (χ0) is 33.5. The van der Waals surface area contributed by atoms with Gasteiger partial charge in [-0.15, -0.1) is 0 Å². The molecule has 2 unspecified atom stereocenters. The Morgan fingerprint density at radius 3 is 2.21 bits per heavy atom. The van der Waals surface area contributed by atoms with Crippen LogP contribution in [0.2, 0.25) is 0 Å². The van der Waals surface area contributed by atoms with Gasteiger partial charge in [0.25, 0.3) is 9.04 Å². The first-order valence-corrected chi connectivity index (χ1v) is 18.4. The molecule has 3 aromatic carbocycles. The summed E-state index contributed by atoms with van der Waals surface area (Å²) < 4.78 is 44.7. The van der Waals surface area contributed by atoms with Gasteiger partial charge in [0.1, 0.15) is 19.3 Å². The lowest BCUT2D eigenvalue weighted by atomic mass is 9.75. The first kappa shape index (κ1) is 33.1. The van der Waals surface area contributed by atoms with Crippen molar-refractivity contribution in [3.05, 3.63) is 78.9 Å². The van der Waals surface area contributed by atoms with Gasteiger partial charge in [-0.25, -0.2) is 4.79 Å². The summed E-state index contributed by atoms with van der Waals surface area (Å²) in [4.78, 5) is 15.5. The van der Waals surface area contributed by atoms with Gasteiger partial charge in [-0.1, -0.05) is 81.4 Å². The number of anilines is 1. The Morgan fingerprint density at radius 1 is 0.917 bits per heavy atom. The molecule has 4 aliphatic heterocycles. The molecule has 4 aliphatic rings. The van der Waals surface area contributed by atoms with Crippen molar-refractivity contribution in [2.45, 2.75) is 89.7 Å². The van der Waals surface area contributed by atoms with Gasteiger partial charge in [-0.2, -0.15) is 0 Å². The molecule has 10 heteroatoms. The van der Waals surface area contributed by atoms with E-state index in [1.54, 1.807) is 4.90 Å². The molecule has 0 N–H and O–H groups in total. The number of amides is 1. The second-order valence-corrected chi connectivity index (χ2v) is 16.8. The molecule has 1 radical (unpaired) electrons.